The normalized spacial score (nSPS) is 18.6. The number of nitrogens with one attached hydrogen (secondary N) is 2. The van der Waals surface area contributed by atoms with Crippen LogP contribution in [0.2, 0.25) is 0 Å². The van der Waals surface area contributed by atoms with Crippen molar-refractivity contribution in [2.75, 3.05) is 13.1 Å². The standard InChI is InChI=1S/C15H31N3/c1-6-16-14(17-11-13-7-8-13)18-12(2)9-10-15(3,4)5/h12-13H,6-11H2,1-5H3,(H2,16,17,18). The van der Waals surface area contributed by atoms with Crippen molar-refractivity contribution < 1.29 is 0 Å². The Labute approximate surface area is 113 Å². The van der Waals surface area contributed by atoms with E-state index in [1.807, 2.05) is 0 Å². The molecule has 1 saturated carbocycles. The minimum atomic E-state index is 0.416. The van der Waals surface area contributed by atoms with Crippen molar-refractivity contribution in [3.8, 4) is 0 Å². The van der Waals surface area contributed by atoms with E-state index in [1.165, 1.54) is 25.7 Å². The average Bonchev–Trinajstić information content (AvgIpc) is 3.06. The molecule has 1 fully saturated rings. The number of guanidine groups is 1. The zero-order chi connectivity index (χ0) is 13.6. The molecule has 3 nitrogen and oxygen atoms in total. The van der Waals surface area contributed by atoms with Crippen LogP contribution < -0.4 is 10.6 Å². The molecule has 1 atom stereocenters. The zero-order valence-corrected chi connectivity index (χ0v) is 12.8. The average molecular weight is 253 g/mol. The Balaban J connectivity index is 2.31. The largest absolute Gasteiger partial charge is 0.357 e. The summed E-state index contributed by atoms with van der Waals surface area (Å²) < 4.78 is 0. The van der Waals surface area contributed by atoms with E-state index in [0.29, 0.717) is 11.5 Å². The third-order valence-electron chi connectivity index (χ3n) is 3.26. The number of nitrogens with zero attached hydrogens (tertiary/aromatic N) is 1. The summed E-state index contributed by atoms with van der Waals surface area (Å²) in [6, 6.07) is 0.487. The molecule has 0 radical (unpaired) electrons. The van der Waals surface area contributed by atoms with Crippen LogP contribution in [0.15, 0.2) is 4.99 Å². The smallest absolute Gasteiger partial charge is 0.191 e. The minimum Gasteiger partial charge on any atom is -0.357 e. The SMILES string of the molecule is CCNC(=NCC1CC1)NC(C)CCC(C)(C)C. The first-order chi connectivity index (χ1) is 8.40. The van der Waals surface area contributed by atoms with Crippen molar-refractivity contribution in [3.05, 3.63) is 0 Å². The molecule has 0 spiro atoms. The molecule has 3 heteroatoms. The molecule has 1 aliphatic carbocycles. The first-order valence-corrected chi connectivity index (χ1v) is 7.45. The van der Waals surface area contributed by atoms with E-state index in [1.54, 1.807) is 0 Å². The summed E-state index contributed by atoms with van der Waals surface area (Å²) in [5.41, 5.74) is 0.416. The monoisotopic (exact) mass is 253 g/mol. The molecule has 1 rings (SSSR count). The van der Waals surface area contributed by atoms with Gasteiger partial charge in [-0.2, -0.15) is 0 Å². The lowest BCUT2D eigenvalue weighted by Crippen LogP contribution is -2.42. The molecule has 0 aromatic rings. The van der Waals surface area contributed by atoms with Crippen LogP contribution in [0.5, 0.6) is 0 Å². The minimum absolute atomic E-state index is 0.416. The lowest BCUT2D eigenvalue weighted by molar-refractivity contribution is 0.346. The van der Waals surface area contributed by atoms with Crippen LogP contribution in [0.25, 0.3) is 0 Å². The maximum Gasteiger partial charge on any atom is 0.191 e. The highest BCUT2D eigenvalue weighted by molar-refractivity contribution is 5.80. The highest BCUT2D eigenvalue weighted by Crippen LogP contribution is 2.28. The second-order valence-electron chi connectivity index (χ2n) is 6.81. The third kappa shape index (κ3) is 7.57. The number of aliphatic imine (C=N–C) groups is 1. The molecule has 0 aromatic carbocycles. The Kier molecular flexibility index (Phi) is 5.97. The molecular weight excluding hydrogens is 222 g/mol. The second kappa shape index (κ2) is 7.01. The van der Waals surface area contributed by atoms with Crippen molar-refractivity contribution in [1.82, 2.24) is 10.6 Å². The fraction of sp³-hybridized carbons (Fsp3) is 0.933. The highest BCUT2D eigenvalue weighted by atomic mass is 15.2. The van der Waals surface area contributed by atoms with Gasteiger partial charge in [-0.25, -0.2) is 0 Å². The number of hydrogen-bond acceptors (Lipinski definition) is 1. The van der Waals surface area contributed by atoms with Gasteiger partial charge in [0.15, 0.2) is 5.96 Å². The Morgan fingerprint density at radius 2 is 2.00 bits per heavy atom. The summed E-state index contributed by atoms with van der Waals surface area (Å²) in [6.07, 6.45) is 5.16. The molecule has 0 aliphatic heterocycles. The quantitative estimate of drug-likeness (QED) is 0.563. The fourth-order valence-corrected chi connectivity index (χ4v) is 1.80. The van der Waals surface area contributed by atoms with Gasteiger partial charge in [0.2, 0.25) is 0 Å². The van der Waals surface area contributed by atoms with Crippen LogP contribution in [0.1, 0.15) is 60.3 Å². The maximum absolute atomic E-state index is 4.65. The third-order valence-corrected chi connectivity index (χ3v) is 3.26. The zero-order valence-electron chi connectivity index (χ0n) is 12.8. The van der Waals surface area contributed by atoms with Crippen molar-refractivity contribution in [2.45, 2.75) is 66.3 Å². The van der Waals surface area contributed by atoms with E-state index < -0.39 is 0 Å². The Morgan fingerprint density at radius 1 is 1.33 bits per heavy atom. The molecule has 0 heterocycles. The highest BCUT2D eigenvalue weighted by Gasteiger charge is 2.21. The van der Waals surface area contributed by atoms with Crippen LogP contribution in [-0.2, 0) is 0 Å². The molecule has 0 aromatic heterocycles. The van der Waals surface area contributed by atoms with E-state index in [2.05, 4.69) is 50.2 Å². The summed E-state index contributed by atoms with van der Waals surface area (Å²) >= 11 is 0. The van der Waals surface area contributed by atoms with Crippen LogP contribution >= 0.6 is 0 Å². The molecule has 0 amide bonds. The maximum atomic E-state index is 4.65. The van der Waals surface area contributed by atoms with Crippen LogP contribution in [0, 0.1) is 11.3 Å². The number of hydrogen-bond donors (Lipinski definition) is 2. The molecule has 106 valence electrons. The first kappa shape index (κ1) is 15.3. The van der Waals surface area contributed by atoms with Gasteiger partial charge in [0, 0.05) is 19.1 Å². The van der Waals surface area contributed by atoms with Crippen LogP contribution in [-0.4, -0.2) is 25.1 Å². The Hall–Kier alpha value is -0.730. The molecule has 0 bridgehead atoms. The molecule has 1 aliphatic rings. The van der Waals surface area contributed by atoms with Gasteiger partial charge in [-0.1, -0.05) is 20.8 Å². The lowest BCUT2D eigenvalue weighted by Gasteiger charge is -2.23. The van der Waals surface area contributed by atoms with E-state index in [0.717, 1.165) is 25.0 Å². The van der Waals surface area contributed by atoms with Gasteiger partial charge in [0.05, 0.1) is 0 Å². The van der Waals surface area contributed by atoms with Gasteiger partial charge >= 0.3 is 0 Å². The number of rotatable bonds is 6. The first-order valence-electron chi connectivity index (χ1n) is 7.45. The van der Waals surface area contributed by atoms with Gasteiger partial charge < -0.3 is 10.6 Å². The second-order valence-corrected chi connectivity index (χ2v) is 6.81. The summed E-state index contributed by atoms with van der Waals surface area (Å²) in [5.74, 6) is 1.84. The van der Waals surface area contributed by atoms with Crippen molar-refractivity contribution in [2.24, 2.45) is 16.3 Å². The van der Waals surface area contributed by atoms with E-state index >= 15 is 0 Å². The Bertz CT molecular complexity index is 261. The van der Waals surface area contributed by atoms with Crippen LogP contribution in [0.4, 0.5) is 0 Å². The summed E-state index contributed by atoms with van der Waals surface area (Å²) in [7, 11) is 0. The topological polar surface area (TPSA) is 36.4 Å². The van der Waals surface area contributed by atoms with Crippen molar-refractivity contribution in [3.63, 3.8) is 0 Å². The van der Waals surface area contributed by atoms with Gasteiger partial charge in [0.25, 0.3) is 0 Å². The molecule has 1 unspecified atom stereocenters. The van der Waals surface area contributed by atoms with E-state index in [-0.39, 0.29) is 0 Å². The molecule has 2 N–H and O–H groups in total. The van der Waals surface area contributed by atoms with Crippen molar-refractivity contribution in [1.29, 1.82) is 0 Å². The molecule has 0 saturated heterocycles. The van der Waals surface area contributed by atoms with Gasteiger partial charge in [-0.15, -0.1) is 0 Å². The van der Waals surface area contributed by atoms with Crippen molar-refractivity contribution >= 4 is 5.96 Å². The van der Waals surface area contributed by atoms with Crippen LogP contribution in [0.3, 0.4) is 0 Å². The van der Waals surface area contributed by atoms with Gasteiger partial charge in [-0.05, 0) is 50.9 Å². The molecular formula is C15H31N3. The predicted octanol–water partition coefficient (Wildman–Crippen LogP) is 3.17. The summed E-state index contributed by atoms with van der Waals surface area (Å²) in [5, 5.41) is 6.85. The molecule has 18 heavy (non-hydrogen) atoms. The van der Waals surface area contributed by atoms with Gasteiger partial charge in [0.1, 0.15) is 0 Å². The lowest BCUT2D eigenvalue weighted by atomic mass is 9.89. The Morgan fingerprint density at radius 3 is 2.50 bits per heavy atom. The fourth-order valence-electron chi connectivity index (χ4n) is 1.80. The van der Waals surface area contributed by atoms with Gasteiger partial charge in [-0.3, -0.25) is 4.99 Å². The summed E-state index contributed by atoms with van der Waals surface area (Å²) in [6.45, 7) is 13.2. The van der Waals surface area contributed by atoms with E-state index in [4.69, 9.17) is 0 Å². The van der Waals surface area contributed by atoms with E-state index in [9.17, 15) is 0 Å². The predicted molar refractivity (Wildman–Crippen MR) is 80.0 cm³/mol. The summed E-state index contributed by atoms with van der Waals surface area (Å²) in [4.78, 5) is 4.65.